The monoisotopic (exact) mass is 491 g/mol. The van der Waals surface area contributed by atoms with Crippen LogP contribution >= 0.6 is 11.7 Å². The van der Waals surface area contributed by atoms with E-state index >= 15 is 0 Å². The summed E-state index contributed by atoms with van der Waals surface area (Å²) in [5.74, 6) is 0.640. The molecule has 0 bridgehead atoms. The lowest BCUT2D eigenvalue weighted by molar-refractivity contribution is 0.0473. The maximum atomic E-state index is 13.1. The Morgan fingerprint density at radius 3 is 2.86 bits per heavy atom. The highest BCUT2D eigenvalue weighted by atomic mass is 32.1. The fourth-order valence-electron chi connectivity index (χ4n) is 4.41. The number of benzene rings is 1. The van der Waals surface area contributed by atoms with Crippen molar-refractivity contribution >= 4 is 45.9 Å². The number of aryl methyl sites for hydroxylation is 1. The molecule has 4 aromatic rings. The Balaban J connectivity index is 1.43. The molecule has 1 aliphatic heterocycles. The number of carbonyl (C=O) groups is 1. The van der Waals surface area contributed by atoms with Crippen LogP contribution in [0, 0.1) is 6.92 Å². The summed E-state index contributed by atoms with van der Waals surface area (Å²) in [6.45, 7) is 7.11. The number of piperidine rings is 1. The normalized spacial score (nSPS) is 16.1. The molecule has 0 radical (unpaired) electrons. The number of aromatic amines is 1. The van der Waals surface area contributed by atoms with Crippen molar-refractivity contribution in [2.75, 3.05) is 23.7 Å². The summed E-state index contributed by atoms with van der Waals surface area (Å²) in [6.07, 6.45) is 2.91. The number of hydrogen-bond acceptors (Lipinski definition) is 8. The number of β-amino-alcohol motifs (C(OH)–C–C–N with tert-alkyl or cyclic N) is 1. The van der Waals surface area contributed by atoms with Crippen molar-refractivity contribution in [2.24, 2.45) is 0 Å². The number of aliphatic hydroxyl groups excluding tert-OH is 1. The fraction of sp³-hybridized carbons (Fsp3) is 0.360. The molecule has 1 aromatic carbocycles. The van der Waals surface area contributed by atoms with Gasteiger partial charge >= 0.3 is 0 Å². The third-order valence-electron chi connectivity index (χ3n) is 6.09. The number of likely N-dealkylation sites (tertiary alicyclic amines) is 1. The third kappa shape index (κ3) is 4.98. The highest BCUT2D eigenvalue weighted by Crippen LogP contribution is 2.32. The van der Waals surface area contributed by atoms with Gasteiger partial charge in [0.25, 0.3) is 5.91 Å². The predicted molar refractivity (Wildman–Crippen MR) is 139 cm³/mol. The average Bonchev–Trinajstić information content (AvgIpc) is 3.44. The lowest BCUT2D eigenvalue weighted by Crippen LogP contribution is -2.42. The summed E-state index contributed by atoms with van der Waals surface area (Å²) in [4.78, 5) is 22.9. The minimum absolute atomic E-state index is 0.0553. The van der Waals surface area contributed by atoms with E-state index in [2.05, 4.69) is 43.2 Å². The number of nitrogens with zero attached hydrogens (tertiary/aromatic N) is 4. The molecule has 1 unspecified atom stereocenters. The Morgan fingerprint density at radius 1 is 1.23 bits per heavy atom. The Kier molecular flexibility index (Phi) is 6.40. The Hall–Kier alpha value is -3.50. The maximum Gasteiger partial charge on any atom is 0.255 e. The minimum atomic E-state index is -0.454. The molecule has 1 amide bonds. The van der Waals surface area contributed by atoms with Crippen LogP contribution in [0.25, 0.3) is 22.3 Å². The van der Waals surface area contributed by atoms with Crippen LogP contribution < -0.4 is 10.6 Å². The number of fused-ring (bicyclic) bond motifs is 1. The van der Waals surface area contributed by atoms with Gasteiger partial charge in [-0.05, 0) is 57.9 Å². The molecule has 4 N–H and O–H groups in total. The van der Waals surface area contributed by atoms with E-state index in [0.29, 0.717) is 24.5 Å². The first kappa shape index (κ1) is 23.3. The van der Waals surface area contributed by atoms with Crippen molar-refractivity contribution < 1.29 is 9.90 Å². The van der Waals surface area contributed by atoms with E-state index in [1.54, 1.807) is 11.1 Å². The topological polar surface area (TPSA) is 119 Å². The van der Waals surface area contributed by atoms with E-state index in [9.17, 15) is 9.90 Å². The van der Waals surface area contributed by atoms with E-state index in [0.717, 1.165) is 52.2 Å². The van der Waals surface area contributed by atoms with Crippen molar-refractivity contribution in [2.45, 2.75) is 45.8 Å². The van der Waals surface area contributed by atoms with Gasteiger partial charge in [0.2, 0.25) is 0 Å². The molecular weight excluding hydrogens is 462 g/mol. The van der Waals surface area contributed by atoms with Gasteiger partial charge in [0.15, 0.2) is 0 Å². The first-order valence-electron chi connectivity index (χ1n) is 11.8. The highest BCUT2D eigenvalue weighted by molar-refractivity contribution is 7.00. The first-order valence-corrected chi connectivity index (χ1v) is 12.5. The number of amides is 1. The zero-order chi connectivity index (χ0) is 24.5. The summed E-state index contributed by atoms with van der Waals surface area (Å²) >= 11 is 1.19. The largest absolute Gasteiger partial charge is 0.391 e. The number of anilines is 3. The molecule has 1 saturated heterocycles. The van der Waals surface area contributed by atoms with Crippen LogP contribution in [-0.2, 0) is 0 Å². The summed E-state index contributed by atoms with van der Waals surface area (Å²) in [7, 11) is 0. The number of carbonyl (C=O) groups excluding carboxylic acids is 1. The van der Waals surface area contributed by atoms with Crippen LogP contribution in [0.15, 0.2) is 36.5 Å². The lowest BCUT2D eigenvalue weighted by Gasteiger charge is -2.30. The molecule has 1 aliphatic rings. The van der Waals surface area contributed by atoms with Gasteiger partial charge in [-0.15, -0.1) is 0 Å². The summed E-state index contributed by atoms with van der Waals surface area (Å²) in [5.41, 5.74) is 6.63. The average molecular weight is 492 g/mol. The molecule has 182 valence electrons. The summed E-state index contributed by atoms with van der Waals surface area (Å²) in [5, 5.41) is 16.8. The molecule has 1 atom stereocenters. The molecule has 10 heteroatoms. The Morgan fingerprint density at radius 2 is 2.06 bits per heavy atom. The lowest BCUT2D eigenvalue weighted by atomic mass is 10.1. The minimum Gasteiger partial charge on any atom is -0.391 e. The molecule has 0 saturated carbocycles. The number of H-pyrrole nitrogens is 1. The van der Waals surface area contributed by atoms with Gasteiger partial charge in [0.1, 0.15) is 16.9 Å². The molecule has 0 aliphatic carbocycles. The second-order valence-corrected chi connectivity index (χ2v) is 9.80. The van der Waals surface area contributed by atoms with Crippen LogP contribution in [0.2, 0.25) is 0 Å². The third-order valence-corrected chi connectivity index (χ3v) is 6.65. The van der Waals surface area contributed by atoms with Crippen molar-refractivity contribution in [1.29, 1.82) is 0 Å². The number of rotatable bonds is 6. The number of hydrogen-bond donors (Lipinski definition) is 4. The standard InChI is InChI=1S/C25H29N7O2S/c1-14(2)27-22-11-24(29-16-6-7-20-23(9-16)31-35-30-20)26-12-19(22)21-10-18(15(3)28-21)25(34)32-8-4-5-17(33)13-32/h6-7,9-12,14,17,28,33H,4-5,8,13H2,1-3H3,(H2,26,27,29). The van der Waals surface area contributed by atoms with Gasteiger partial charge in [-0.2, -0.15) is 8.75 Å². The quantitative estimate of drug-likeness (QED) is 0.312. The van der Waals surface area contributed by atoms with Gasteiger partial charge < -0.3 is 25.6 Å². The zero-order valence-corrected chi connectivity index (χ0v) is 20.8. The predicted octanol–water partition coefficient (Wildman–Crippen LogP) is 4.55. The molecular formula is C25H29N7O2S. The van der Waals surface area contributed by atoms with Gasteiger partial charge in [0, 0.05) is 54.0 Å². The summed E-state index contributed by atoms with van der Waals surface area (Å²) < 4.78 is 8.55. The van der Waals surface area contributed by atoms with Gasteiger partial charge in [-0.3, -0.25) is 4.79 Å². The Bertz CT molecular complexity index is 1360. The molecule has 1 fully saturated rings. The van der Waals surface area contributed by atoms with E-state index in [4.69, 9.17) is 0 Å². The van der Waals surface area contributed by atoms with Crippen molar-refractivity contribution in [3.05, 3.63) is 47.8 Å². The number of nitrogens with one attached hydrogen (secondary N) is 3. The van der Waals surface area contributed by atoms with Crippen LogP contribution in [0.3, 0.4) is 0 Å². The van der Waals surface area contributed by atoms with Crippen molar-refractivity contribution in [1.82, 2.24) is 23.6 Å². The van der Waals surface area contributed by atoms with Crippen LogP contribution in [0.4, 0.5) is 17.2 Å². The van der Waals surface area contributed by atoms with E-state index in [1.165, 1.54) is 11.7 Å². The second kappa shape index (κ2) is 9.63. The first-order chi connectivity index (χ1) is 16.9. The summed E-state index contributed by atoms with van der Waals surface area (Å²) in [6, 6.07) is 9.90. The molecule has 0 spiro atoms. The molecule has 35 heavy (non-hydrogen) atoms. The van der Waals surface area contributed by atoms with Gasteiger partial charge in [0.05, 0.1) is 29.1 Å². The fourth-order valence-corrected chi connectivity index (χ4v) is 4.93. The molecule has 4 heterocycles. The second-order valence-electron chi connectivity index (χ2n) is 9.28. The van der Waals surface area contributed by atoms with Gasteiger partial charge in [-0.25, -0.2) is 4.98 Å². The maximum absolute atomic E-state index is 13.1. The highest BCUT2D eigenvalue weighted by Gasteiger charge is 2.25. The van der Waals surface area contributed by atoms with Crippen molar-refractivity contribution in [3.8, 4) is 11.3 Å². The SMILES string of the molecule is Cc1[nH]c(-c2cnc(Nc3ccc4nsnc4c3)cc2NC(C)C)cc1C(=O)N1CCCC(O)C1. The number of pyridine rings is 1. The van der Waals surface area contributed by atoms with Crippen molar-refractivity contribution in [3.63, 3.8) is 0 Å². The Labute approximate surface area is 207 Å². The van der Waals surface area contributed by atoms with Crippen LogP contribution in [-0.4, -0.2) is 59.9 Å². The van der Waals surface area contributed by atoms with Crippen LogP contribution in [0.5, 0.6) is 0 Å². The zero-order valence-electron chi connectivity index (χ0n) is 20.0. The van der Waals surface area contributed by atoms with E-state index in [-0.39, 0.29) is 11.9 Å². The number of aliphatic hydroxyl groups is 1. The molecule has 5 rings (SSSR count). The van der Waals surface area contributed by atoms with Gasteiger partial charge in [-0.1, -0.05) is 0 Å². The van der Waals surface area contributed by atoms with E-state index in [1.807, 2.05) is 37.3 Å². The van der Waals surface area contributed by atoms with Crippen LogP contribution in [0.1, 0.15) is 42.7 Å². The van der Waals surface area contributed by atoms with E-state index < -0.39 is 6.10 Å². The molecule has 9 nitrogen and oxygen atoms in total. The smallest absolute Gasteiger partial charge is 0.255 e. The number of aromatic nitrogens is 4. The molecule has 3 aromatic heterocycles.